The summed E-state index contributed by atoms with van der Waals surface area (Å²) >= 11 is 0. The lowest BCUT2D eigenvalue weighted by atomic mass is 9.92. The van der Waals surface area contributed by atoms with Gasteiger partial charge < -0.3 is 23.8 Å². The number of nitrogens with zero attached hydrogens (tertiary/aromatic N) is 5. The van der Waals surface area contributed by atoms with Crippen LogP contribution in [0.3, 0.4) is 0 Å². The smallest absolute Gasteiger partial charge is 0.259 e. The number of likely N-dealkylation sites (tertiary alicyclic amines) is 1. The van der Waals surface area contributed by atoms with Crippen molar-refractivity contribution in [3.05, 3.63) is 46.5 Å². The van der Waals surface area contributed by atoms with Crippen molar-refractivity contribution in [1.82, 2.24) is 19.4 Å². The maximum absolute atomic E-state index is 12.9. The second-order valence-corrected chi connectivity index (χ2v) is 10.8. The van der Waals surface area contributed by atoms with Gasteiger partial charge in [0.15, 0.2) is 0 Å². The molecule has 3 aromatic rings. The summed E-state index contributed by atoms with van der Waals surface area (Å²) in [5, 5.41) is 1.45. The third-order valence-corrected chi connectivity index (χ3v) is 8.27. The lowest BCUT2D eigenvalue weighted by Crippen LogP contribution is -2.35. The van der Waals surface area contributed by atoms with Crippen molar-refractivity contribution in [3.63, 3.8) is 0 Å². The summed E-state index contributed by atoms with van der Waals surface area (Å²) in [4.78, 5) is 24.4. The van der Waals surface area contributed by atoms with E-state index in [2.05, 4.69) is 40.8 Å². The summed E-state index contributed by atoms with van der Waals surface area (Å²) in [5.41, 5.74) is 2.88. The van der Waals surface area contributed by atoms with E-state index < -0.39 is 0 Å². The molecule has 0 N–H and O–H groups in total. The maximum Gasteiger partial charge on any atom is 0.259 e. The second-order valence-electron chi connectivity index (χ2n) is 10.8. The fourth-order valence-electron chi connectivity index (χ4n) is 5.68. The first-order valence-corrected chi connectivity index (χ1v) is 14.2. The van der Waals surface area contributed by atoms with Crippen molar-refractivity contribution in [2.45, 2.75) is 39.7 Å². The van der Waals surface area contributed by atoms with Gasteiger partial charge in [0.25, 0.3) is 5.56 Å². The molecule has 0 amide bonds. The Balaban J connectivity index is 1.61. The highest BCUT2D eigenvalue weighted by Crippen LogP contribution is 2.38. The Morgan fingerprint density at radius 1 is 1.00 bits per heavy atom. The van der Waals surface area contributed by atoms with Crippen molar-refractivity contribution < 1.29 is 9.47 Å². The standard InChI is InChI=1S/C31H45N5O3/c1-8-35(9-2)13-10-22-11-14-36(15-12-22)21-27-28(38-6)16-23(17-29(27)39-7)26-20-34(5)31(37)25-19-32-30(33(3)4)18-24(25)26/h16-20,22H,8-15,21H2,1-7H3. The van der Waals surface area contributed by atoms with E-state index in [1.165, 1.54) is 25.8 Å². The van der Waals surface area contributed by atoms with Crippen LogP contribution in [0.1, 0.15) is 38.7 Å². The number of ether oxygens (including phenoxy) is 2. The van der Waals surface area contributed by atoms with Crippen LogP contribution in [-0.2, 0) is 13.6 Å². The minimum absolute atomic E-state index is 0.0670. The molecule has 3 heterocycles. The molecule has 39 heavy (non-hydrogen) atoms. The molecule has 1 saturated heterocycles. The Hall–Kier alpha value is -3.10. The van der Waals surface area contributed by atoms with Crippen LogP contribution in [0.4, 0.5) is 5.82 Å². The van der Waals surface area contributed by atoms with E-state index in [4.69, 9.17) is 9.47 Å². The average Bonchev–Trinajstić information content (AvgIpc) is 2.96. The number of aromatic nitrogens is 2. The van der Waals surface area contributed by atoms with Crippen LogP contribution in [-0.4, -0.2) is 80.4 Å². The number of hydrogen-bond acceptors (Lipinski definition) is 7. The molecule has 1 aromatic carbocycles. The summed E-state index contributed by atoms with van der Waals surface area (Å²) in [5.74, 6) is 3.20. The molecule has 8 nitrogen and oxygen atoms in total. The molecule has 212 valence electrons. The van der Waals surface area contributed by atoms with E-state index in [0.29, 0.717) is 5.39 Å². The fourth-order valence-corrected chi connectivity index (χ4v) is 5.68. The van der Waals surface area contributed by atoms with Crippen LogP contribution in [0, 0.1) is 5.92 Å². The number of fused-ring (bicyclic) bond motifs is 1. The Morgan fingerprint density at radius 2 is 1.64 bits per heavy atom. The van der Waals surface area contributed by atoms with Gasteiger partial charge in [0.2, 0.25) is 0 Å². The number of rotatable bonds is 11. The van der Waals surface area contributed by atoms with E-state index in [9.17, 15) is 4.79 Å². The number of hydrogen-bond donors (Lipinski definition) is 0. The third-order valence-electron chi connectivity index (χ3n) is 8.27. The van der Waals surface area contributed by atoms with Gasteiger partial charge in [-0.25, -0.2) is 4.98 Å². The van der Waals surface area contributed by atoms with Gasteiger partial charge in [-0.05, 0) is 81.7 Å². The largest absolute Gasteiger partial charge is 0.496 e. The topological polar surface area (TPSA) is 63.1 Å². The number of methoxy groups -OCH3 is 2. The van der Waals surface area contributed by atoms with E-state index in [1.54, 1.807) is 32.0 Å². The highest BCUT2D eigenvalue weighted by Gasteiger charge is 2.23. The number of pyridine rings is 2. The Morgan fingerprint density at radius 3 is 2.21 bits per heavy atom. The van der Waals surface area contributed by atoms with Gasteiger partial charge in [-0.2, -0.15) is 0 Å². The zero-order chi connectivity index (χ0) is 28.1. The third kappa shape index (κ3) is 6.39. The lowest BCUT2D eigenvalue weighted by molar-refractivity contribution is 0.158. The Kier molecular flexibility index (Phi) is 9.51. The molecule has 1 aliphatic heterocycles. The molecule has 1 aliphatic rings. The second kappa shape index (κ2) is 12.8. The van der Waals surface area contributed by atoms with Crippen molar-refractivity contribution >= 4 is 16.6 Å². The molecule has 0 atom stereocenters. The molecule has 4 rings (SSSR count). The molecule has 0 saturated carbocycles. The fraction of sp³-hybridized carbons (Fsp3) is 0.548. The van der Waals surface area contributed by atoms with Gasteiger partial charge in [-0.1, -0.05) is 13.8 Å². The monoisotopic (exact) mass is 535 g/mol. The van der Waals surface area contributed by atoms with Gasteiger partial charge in [0.05, 0.1) is 25.2 Å². The van der Waals surface area contributed by atoms with E-state index >= 15 is 0 Å². The van der Waals surface area contributed by atoms with Crippen molar-refractivity contribution in [2.75, 3.05) is 65.9 Å². The molecule has 1 fully saturated rings. The van der Waals surface area contributed by atoms with Crippen molar-refractivity contribution in [2.24, 2.45) is 13.0 Å². The Labute approximate surface area is 233 Å². The normalized spacial score (nSPS) is 14.8. The zero-order valence-electron chi connectivity index (χ0n) is 24.8. The molecule has 8 heteroatoms. The molecule has 0 radical (unpaired) electrons. The molecule has 0 aliphatic carbocycles. The number of benzene rings is 1. The van der Waals surface area contributed by atoms with Crippen LogP contribution in [0.5, 0.6) is 11.5 Å². The first kappa shape index (κ1) is 28.9. The van der Waals surface area contributed by atoms with Gasteiger partial charge in [-0.3, -0.25) is 9.69 Å². The highest BCUT2D eigenvalue weighted by molar-refractivity contribution is 5.97. The van der Waals surface area contributed by atoms with E-state index in [0.717, 1.165) is 78.0 Å². The molecular weight excluding hydrogens is 490 g/mol. The van der Waals surface area contributed by atoms with Gasteiger partial charge in [0, 0.05) is 51.0 Å². The van der Waals surface area contributed by atoms with Crippen LogP contribution in [0.15, 0.2) is 35.4 Å². The minimum Gasteiger partial charge on any atom is -0.496 e. The lowest BCUT2D eigenvalue weighted by Gasteiger charge is -2.33. The summed E-state index contributed by atoms with van der Waals surface area (Å²) in [6.45, 7) is 10.9. The summed E-state index contributed by atoms with van der Waals surface area (Å²) < 4.78 is 13.5. The predicted octanol–water partition coefficient (Wildman–Crippen LogP) is 4.63. The average molecular weight is 536 g/mol. The molecule has 0 spiro atoms. The van der Waals surface area contributed by atoms with Gasteiger partial charge in [-0.15, -0.1) is 0 Å². The van der Waals surface area contributed by atoms with Crippen LogP contribution in [0.25, 0.3) is 21.9 Å². The highest BCUT2D eigenvalue weighted by atomic mass is 16.5. The van der Waals surface area contributed by atoms with Crippen molar-refractivity contribution in [3.8, 4) is 22.6 Å². The Bertz CT molecular complexity index is 1300. The minimum atomic E-state index is -0.0670. The predicted molar refractivity (Wildman–Crippen MR) is 160 cm³/mol. The van der Waals surface area contributed by atoms with Gasteiger partial charge >= 0.3 is 0 Å². The first-order valence-electron chi connectivity index (χ1n) is 14.2. The summed E-state index contributed by atoms with van der Waals surface area (Å²) in [6, 6.07) is 6.12. The van der Waals surface area contributed by atoms with Crippen LogP contribution < -0.4 is 19.9 Å². The van der Waals surface area contributed by atoms with E-state index in [-0.39, 0.29) is 5.56 Å². The first-order chi connectivity index (χ1) is 18.8. The zero-order valence-corrected chi connectivity index (χ0v) is 24.8. The number of piperidine rings is 1. The SMILES string of the molecule is CCN(CC)CCC1CCN(Cc2c(OC)cc(-c3cn(C)c(=O)c4cnc(N(C)C)cc34)cc2OC)CC1. The molecule has 2 aromatic heterocycles. The van der Waals surface area contributed by atoms with Crippen LogP contribution in [0.2, 0.25) is 0 Å². The summed E-state index contributed by atoms with van der Waals surface area (Å²) in [6.07, 6.45) is 7.31. The number of anilines is 1. The molecule has 0 bridgehead atoms. The molecular formula is C31H45N5O3. The van der Waals surface area contributed by atoms with Gasteiger partial charge in [0.1, 0.15) is 17.3 Å². The van der Waals surface area contributed by atoms with Crippen molar-refractivity contribution in [1.29, 1.82) is 0 Å². The molecule has 0 unspecified atom stereocenters. The maximum atomic E-state index is 12.9. The van der Waals surface area contributed by atoms with Crippen LogP contribution >= 0.6 is 0 Å². The summed E-state index contributed by atoms with van der Waals surface area (Å²) in [7, 11) is 9.11. The number of aryl methyl sites for hydroxylation is 1. The van der Waals surface area contributed by atoms with E-state index in [1.807, 2.05) is 31.3 Å². The quantitative estimate of drug-likeness (QED) is 0.355.